The third-order valence-corrected chi connectivity index (χ3v) is 5.57. The van der Waals surface area contributed by atoms with E-state index in [-0.39, 0.29) is 12.5 Å². The summed E-state index contributed by atoms with van der Waals surface area (Å²) in [7, 11) is 0. The van der Waals surface area contributed by atoms with Crippen LogP contribution in [-0.2, 0) is 11.8 Å². The highest BCUT2D eigenvalue weighted by Gasteiger charge is 2.38. The van der Waals surface area contributed by atoms with Crippen LogP contribution in [-0.4, -0.2) is 25.8 Å². The lowest BCUT2D eigenvalue weighted by Gasteiger charge is -2.37. The average molecular weight is 512 g/mol. The molecule has 0 heterocycles. The van der Waals surface area contributed by atoms with E-state index in [0.29, 0.717) is 24.1 Å². The smallest absolute Gasteiger partial charge is 0.406 e. The Kier molecular flexibility index (Phi) is 8.55. The molecule has 0 saturated carbocycles. The summed E-state index contributed by atoms with van der Waals surface area (Å²) in [5.74, 6) is -0.563. The maximum Gasteiger partial charge on any atom is 0.573 e. The summed E-state index contributed by atoms with van der Waals surface area (Å²) in [6, 6.07) is 20.3. The van der Waals surface area contributed by atoms with Crippen LogP contribution in [0.2, 0.25) is 0 Å². The fourth-order valence-corrected chi connectivity index (χ4v) is 4.14. The van der Waals surface area contributed by atoms with Crippen LogP contribution in [0.5, 0.6) is 11.5 Å². The number of alkyl halides is 6. The van der Waals surface area contributed by atoms with Crippen molar-refractivity contribution in [3.63, 3.8) is 0 Å². The zero-order valence-corrected chi connectivity index (χ0v) is 19.8. The maximum absolute atomic E-state index is 13.0. The van der Waals surface area contributed by atoms with E-state index < -0.39 is 29.6 Å². The largest absolute Gasteiger partial charge is 0.573 e. The van der Waals surface area contributed by atoms with E-state index in [4.69, 9.17) is 0 Å². The summed E-state index contributed by atoms with van der Waals surface area (Å²) >= 11 is 0. The van der Waals surface area contributed by atoms with E-state index in [1.165, 1.54) is 36.4 Å². The van der Waals surface area contributed by atoms with Gasteiger partial charge in [0.05, 0.1) is 0 Å². The van der Waals surface area contributed by atoms with Crippen LogP contribution in [0.4, 0.5) is 26.3 Å². The number of halogens is 6. The lowest BCUT2D eigenvalue weighted by atomic mass is 9.70. The first-order valence-corrected chi connectivity index (χ1v) is 11.3. The number of rotatable bonds is 10. The van der Waals surface area contributed by atoms with Gasteiger partial charge in [-0.1, -0.05) is 68.4 Å². The minimum Gasteiger partial charge on any atom is -0.406 e. The number of hydrogen-bond acceptors (Lipinski definition) is 3. The maximum atomic E-state index is 13.0. The summed E-state index contributed by atoms with van der Waals surface area (Å²) in [6.45, 7) is 4.84. The quantitative estimate of drug-likeness (QED) is 0.291. The lowest BCUT2D eigenvalue weighted by molar-refractivity contribution is -0.275. The summed E-state index contributed by atoms with van der Waals surface area (Å²) in [4.78, 5) is 0. The number of hydrogen-bond donors (Lipinski definition) is 1. The van der Waals surface area contributed by atoms with Crippen molar-refractivity contribution in [3.8, 4) is 11.5 Å². The second-order valence-corrected chi connectivity index (χ2v) is 8.92. The van der Waals surface area contributed by atoms with Gasteiger partial charge in [0.1, 0.15) is 11.5 Å². The molecule has 0 aliphatic heterocycles. The molecule has 0 amide bonds. The molecule has 3 rings (SSSR count). The molecule has 1 N–H and O–H groups in total. The highest BCUT2D eigenvalue weighted by molar-refractivity contribution is 5.47. The van der Waals surface area contributed by atoms with Crippen molar-refractivity contribution >= 4 is 0 Å². The molecule has 0 spiro atoms. The van der Waals surface area contributed by atoms with E-state index in [1.54, 1.807) is 12.1 Å². The van der Waals surface area contributed by atoms with Crippen molar-refractivity contribution in [3.05, 3.63) is 95.6 Å². The van der Waals surface area contributed by atoms with Gasteiger partial charge < -0.3 is 14.8 Å². The molecule has 0 atom stereocenters. The van der Waals surface area contributed by atoms with Gasteiger partial charge in [0, 0.05) is 12.0 Å². The SMILES string of the molecule is CC(C)CNCC(Cc1ccccc1)(c1cccc(OC(F)(F)F)c1)c1cccc(OC(F)(F)F)c1. The molecule has 0 fully saturated rings. The van der Waals surface area contributed by atoms with Gasteiger partial charge in [-0.2, -0.15) is 0 Å². The van der Waals surface area contributed by atoms with E-state index in [1.807, 2.05) is 44.2 Å². The summed E-state index contributed by atoms with van der Waals surface area (Å²) in [5, 5.41) is 3.35. The fourth-order valence-electron chi connectivity index (χ4n) is 4.14. The van der Waals surface area contributed by atoms with E-state index in [2.05, 4.69) is 14.8 Å². The molecule has 194 valence electrons. The first-order valence-electron chi connectivity index (χ1n) is 11.3. The molecule has 0 aliphatic carbocycles. The molecule has 0 aliphatic rings. The molecule has 3 nitrogen and oxygen atoms in total. The molecule has 0 aromatic heterocycles. The van der Waals surface area contributed by atoms with Crippen LogP contribution >= 0.6 is 0 Å². The molecule has 0 unspecified atom stereocenters. The van der Waals surface area contributed by atoms with Gasteiger partial charge in [0.25, 0.3) is 0 Å². The van der Waals surface area contributed by atoms with Gasteiger partial charge in [-0.3, -0.25) is 0 Å². The van der Waals surface area contributed by atoms with E-state index >= 15 is 0 Å². The fraction of sp³-hybridized carbons (Fsp3) is 0.333. The summed E-state index contributed by atoms with van der Waals surface area (Å²) < 4.78 is 86.2. The molecule has 9 heteroatoms. The third-order valence-electron chi connectivity index (χ3n) is 5.57. The second kappa shape index (κ2) is 11.2. The molecule has 36 heavy (non-hydrogen) atoms. The standard InChI is InChI=1S/C27H27F6NO2/c1-19(2)17-34-18-25(16-20-8-4-3-5-9-20,21-10-6-12-23(14-21)35-26(28,29)30)22-11-7-13-24(15-22)36-27(31,32)33/h3-15,19,34H,16-18H2,1-2H3. The normalized spacial score (nSPS) is 12.6. The first-order chi connectivity index (χ1) is 16.9. The van der Waals surface area contributed by atoms with Gasteiger partial charge in [-0.15, -0.1) is 26.3 Å². The molecule has 0 saturated heterocycles. The van der Waals surface area contributed by atoms with Crippen molar-refractivity contribution in [2.75, 3.05) is 13.1 Å². The number of ether oxygens (including phenoxy) is 2. The Balaban J connectivity index is 2.19. The molecular weight excluding hydrogens is 484 g/mol. The Bertz CT molecular complexity index is 1050. The van der Waals surface area contributed by atoms with Gasteiger partial charge in [0.2, 0.25) is 0 Å². The average Bonchev–Trinajstić information content (AvgIpc) is 2.77. The topological polar surface area (TPSA) is 30.5 Å². The second-order valence-electron chi connectivity index (χ2n) is 8.92. The van der Waals surface area contributed by atoms with Crippen LogP contribution in [0, 0.1) is 5.92 Å². The monoisotopic (exact) mass is 511 g/mol. The molecular formula is C27H27F6NO2. The van der Waals surface area contributed by atoms with Gasteiger partial charge in [0.15, 0.2) is 0 Å². The zero-order valence-electron chi connectivity index (χ0n) is 19.8. The predicted octanol–water partition coefficient (Wildman–Crippen LogP) is 7.26. The Morgan fingerprint density at radius 2 is 1.19 bits per heavy atom. The van der Waals surface area contributed by atoms with Gasteiger partial charge in [-0.25, -0.2) is 0 Å². The van der Waals surface area contributed by atoms with E-state index in [0.717, 1.165) is 5.56 Å². The predicted molar refractivity (Wildman–Crippen MR) is 125 cm³/mol. The minimum atomic E-state index is -4.89. The van der Waals surface area contributed by atoms with Crippen molar-refractivity contribution in [1.29, 1.82) is 0 Å². The van der Waals surface area contributed by atoms with Crippen molar-refractivity contribution in [1.82, 2.24) is 5.32 Å². The Morgan fingerprint density at radius 1 is 0.694 bits per heavy atom. The Hall–Kier alpha value is -3.20. The summed E-state index contributed by atoms with van der Waals surface area (Å²) in [6.07, 6.45) is -9.49. The van der Waals surface area contributed by atoms with Crippen LogP contribution in [0.3, 0.4) is 0 Å². The number of benzene rings is 3. The lowest BCUT2D eigenvalue weighted by Crippen LogP contribution is -2.42. The minimum absolute atomic E-state index is 0.241. The van der Waals surface area contributed by atoms with Crippen molar-refractivity contribution < 1.29 is 35.8 Å². The first kappa shape index (κ1) is 27.4. The van der Waals surface area contributed by atoms with Crippen LogP contribution in [0.15, 0.2) is 78.9 Å². The van der Waals surface area contributed by atoms with Crippen LogP contribution < -0.4 is 14.8 Å². The molecule has 3 aromatic rings. The van der Waals surface area contributed by atoms with Crippen LogP contribution in [0.1, 0.15) is 30.5 Å². The molecule has 0 radical (unpaired) electrons. The molecule has 0 bridgehead atoms. The third kappa shape index (κ3) is 7.91. The van der Waals surface area contributed by atoms with Crippen LogP contribution in [0.25, 0.3) is 0 Å². The number of nitrogens with one attached hydrogen (secondary N) is 1. The Morgan fingerprint density at radius 3 is 1.64 bits per heavy atom. The zero-order chi connectivity index (χ0) is 26.4. The van der Waals surface area contributed by atoms with Crippen molar-refractivity contribution in [2.24, 2.45) is 5.92 Å². The Labute approximate surface area is 206 Å². The van der Waals surface area contributed by atoms with E-state index in [9.17, 15) is 26.3 Å². The highest BCUT2D eigenvalue weighted by atomic mass is 19.4. The highest BCUT2D eigenvalue weighted by Crippen LogP contribution is 2.39. The van der Waals surface area contributed by atoms with Gasteiger partial charge in [-0.05, 0) is 59.8 Å². The van der Waals surface area contributed by atoms with Gasteiger partial charge >= 0.3 is 12.7 Å². The summed E-state index contributed by atoms with van der Waals surface area (Å²) in [5.41, 5.74) is 0.710. The molecule has 3 aromatic carbocycles. The van der Waals surface area contributed by atoms with Crippen molar-refractivity contribution in [2.45, 2.75) is 38.4 Å².